The predicted octanol–water partition coefficient (Wildman–Crippen LogP) is 3.02. The zero-order valence-electron chi connectivity index (χ0n) is 11.9. The number of sulfonamides is 1. The van der Waals surface area contributed by atoms with Gasteiger partial charge in [0.05, 0.1) is 4.90 Å². The molecule has 2 N–H and O–H groups in total. The van der Waals surface area contributed by atoms with Gasteiger partial charge in [-0.3, -0.25) is 4.72 Å². The molecule has 0 amide bonds. The molecule has 3 rings (SSSR count). The van der Waals surface area contributed by atoms with Crippen LogP contribution >= 0.6 is 0 Å². The van der Waals surface area contributed by atoms with Crippen molar-refractivity contribution in [2.24, 2.45) is 0 Å². The quantitative estimate of drug-likeness (QED) is 0.912. The Kier molecular flexibility index (Phi) is 3.59. The summed E-state index contributed by atoms with van der Waals surface area (Å²) in [6.45, 7) is 2.91. The fraction of sp³-hybridized carbons (Fsp3) is 0.250. The predicted molar refractivity (Wildman–Crippen MR) is 85.3 cm³/mol. The van der Waals surface area contributed by atoms with Gasteiger partial charge < -0.3 is 5.32 Å². The standard InChI is InChI=1S/C16H18N2O2S/c1-2-12-4-3-5-14(10-12)18-21(19,20)15-6-7-16-13(11-15)8-9-17-16/h3-7,10-11,17-18H,2,8-9H2,1H3. The first kappa shape index (κ1) is 13.9. The molecule has 0 aromatic heterocycles. The van der Waals surface area contributed by atoms with Gasteiger partial charge in [-0.05, 0) is 54.3 Å². The Morgan fingerprint density at radius 3 is 2.86 bits per heavy atom. The molecule has 0 fully saturated rings. The minimum atomic E-state index is -3.54. The van der Waals surface area contributed by atoms with E-state index in [2.05, 4.69) is 10.0 Å². The maximum absolute atomic E-state index is 12.5. The van der Waals surface area contributed by atoms with E-state index >= 15 is 0 Å². The zero-order chi connectivity index (χ0) is 14.9. The molecule has 21 heavy (non-hydrogen) atoms. The third-order valence-electron chi connectivity index (χ3n) is 3.68. The van der Waals surface area contributed by atoms with E-state index in [0.29, 0.717) is 10.6 Å². The van der Waals surface area contributed by atoms with Gasteiger partial charge in [-0.15, -0.1) is 0 Å². The smallest absolute Gasteiger partial charge is 0.261 e. The van der Waals surface area contributed by atoms with Crippen LogP contribution in [-0.4, -0.2) is 15.0 Å². The second-order valence-corrected chi connectivity index (χ2v) is 6.84. The van der Waals surface area contributed by atoms with Gasteiger partial charge in [0, 0.05) is 17.9 Å². The molecule has 2 aromatic carbocycles. The number of nitrogens with one attached hydrogen (secondary N) is 2. The summed E-state index contributed by atoms with van der Waals surface area (Å²) in [4.78, 5) is 0.312. The van der Waals surface area contributed by atoms with Crippen molar-refractivity contribution in [1.82, 2.24) is 0 Å². The molecular weight excluding hydrogens is 284 g/mol. The number of fused-ring (bicyclic) bond motifs is 1. The summed E-state index contributed by atoms with van der Waals surface area (Å²) in [6.07, 6.45) is 1.74. The molecule has 0 unspecified atom stereocenters. The van der Waals surface area contributed by atoms with Crippen LogP contribution in [0.4, 0.5) is 11.4 Å². The largest absolute Gasteiger partial charge is 0.384 e. The monoisotopic (exact) mass is 302 g/mol. The van der Waals surface area contributed by atoms with Crippen molar-refractivity contribution in [3.63, 3.8) is 0 Å². The minimum absolute atomic E-state index is 0.312. The van der Waals surface area contributed by atoms with Crippen LogP contribution in [0.15, 0.2) is 47.4 Å². The third kappa shape index (κ3) is 2.88. The maximum atomic E-state index is 12.5. The van der Waals surface area contributed by atoms with Crippen molar-refractivity contribution < 1.29 is 8.42 Å². The van der Waals surface area contributed by atoms with Gasteiger partial charge in [-0.1, -0.05) is 19.1 Å². The Morgan fingerprint density at radius 1 is 1.19 bits per heavy atom. The van der Waals surface area contributed by atoms with E-state index in [1.165, 1.54) is 0 Å². The Hall–Kier alpha value is -2.01. The van der Waals surface area contributed by atoms with Gasteiger partial charge in [0.15, 0.2) is 0 Å². The summed E-state index contributed by atoms with van der Waals surface area (Å²) < 4.78 is 27.6. The highest BCUT2D eigenvalue weighted by Crippen LogP contribution is 2.26. The summed E-state index contributed by atoms with van der Waals surface area (Å²) >= 11 is 0. The summed E-state index contributed by atoms with van der Waals surface area (Å²) in [5, 5.41) is 3.23. The molecule has 0 radical (unpaired) electrons. The molecule has 1 heterocycles. The third-order valence-corrected chi connectivity index (χ3v) is 5.06. The first-order chi connectivity index (χ1) is 10.1. The number of hydrogen-bond donors (Lipinski definition) is 2. The molecule has 2 aromatic rings. The highest BCUT2D eigenvalue weighted by Gasteiger charge is 2.18. The lowest BCUT2D eigenvalue weighted by Crippen LogP contribution is -2.13. The zero-order valence-corrected chi connectivity index (χ0v) is 12.7. The van der Waals surface area contributed by atoms with Gasteiger partial charge in [0.2, 0.25) is 0 Å². The molecule has 110 valence electrons. The fourth-order valence-corrected chi connectivity index (χ4v) is 3.62. The van der Waals surface area contributed by atoms with E-state index in [-0.39, 0.29) is 0 Å². The highest BCUT2D eigenvalue weighted by molar-refractivity contribution is 7.92. The maximum Gasteiger partial charge on any atom is 0.261 e. The van der Waals surface area contributed by atoms with Crippen molar-refractivity contribution >= 4 is 21.4 Å². The summed E-state index contributed by atoms with van der Waals surface area (Å²) in [7, 11) is -3.54. The molecule has 1 aliphatic heterocycles. The normalized spacial score (nSPS) is 13.6. The van der Waals surface area contributed by atoms with E-state index in [9.17, 15) is 8.42 Å². The number of hydrogen-bond acceptors (Lipinski definition) is 3. The van der Waals surface area contributed by atoms with E-state index in [0.717, 1.165) is 36.2 Å². The molecule has 0 spiro atoms. The Labute approximate surface area is 125 Å². The van der Waals surface area contributed by atoms with Crippen molar-refractivity contribution in [2.45, 2.75) is 24.7 Å². The fourth-order valence-electron chi connectivity index (χ4n) is 2.52. The second kappa shape index (κ2) is 5.41. The first-order valence-electron chi connectivity index (χ1n) is 7.07. The van der Waals surface area contributed by atoms with Crippen LogP contribution in [0.5, 0.6) is 0 Å². The highest BCUT2D eigenvalue weighted by atomic mass is 32.2. The van der Waals surface area contributed by atoms with Gasteiger partial charge in [0.25, 0.3) is 10.0 Å². The van der Waals surface area contributed by atoms with Crippen LogP contribution in [0.2, 0.25) is 0 Å². The van der Waals surface area contributed by atoms with Crippen LogP contribution < -0.4 is 10.0 Å². The van der Waals surface area contributed by atoms with Crippen LogP contribution in [0, 0.1) is 0 Å². The molecule has 0 saturated heterocycles. The average molecular weight is 302 g/mol. The second-order valence-electron chi connectivity index (χ2n) is 5.16. The van der Waals surface area contributed by atoms with Crippen LogP contribution in [0.3, 0.4) is 0 Å². The number of anilines is 2. The lowest BCUT2D eigenvalue weighted by atomic mass is 10.1. The molecule has 1 aliphatic rings. The topological polar surface area (TPSA) is 58.2 Å². The molecule has 0 aliphatic carbocycles. The van der Waals surface area contributed by atoms with Crippen LogP contribution in [0.1, 0.15) is 18.1 Å². The van der Waals surface area contributed by atoms with E-state index < -0.39 is 10.0 Å². The van der Waals surface area contributed by atoms with E-state index in [1.807, 2.05) is 31.2 Å². The number of aryl methyl sites for hydroxylation is 1. The van der Waals surface area contributed by atoms with Crippen LogP contribution in [0.25, 0.3) is 0 Å². The molecule has 5 heteroatoms. The molecule has 0 atom stereocenters. The lowest BCUT2D eigenvalue weighted by molar-refractivity contribution is 0.601. The van der Waals surface area contributed by atoms with Crippen molar-refractivity contribution in [1.29, 1.82) is 0 Å². The van der Waals surface area contributed by atoms with Crippen molar-refractivity contribution in [2.75, 3.05) is 16.6 Å². The number of rotatable bonds is 4. The SMILES string of the molecule is CCc1cccc(NS(=O)(=O)c2ccc3c(c2)CCN3)c1. The Morgan fingerprint density at radius 2 is 2.05 bits per heavy atom. The van der Waals surface area contributed by atoms with Crippen molar-refractivity contribution in [3.05, 3.63) is 53.6 Å². The molecular formula is C16H18N2O2S. The van der Waals surface area contributed by atoms with Crippen molar-refractivity contribution in [3.8, 4) is 0 Å². The molecule has 4 nitrogen and oxygen atoms in total. The summed E-state index contributed by atoms with van der Waals surface area (Å²) in [5.41, 5.74) is 3.79. The number of benzene rings is 2. The summed E-state index contributed by atoms with van der Waals surface area (Å²) in [6, 6.07) is 12.7. The van der Waals surface area contributed by atoms with Gasteiger partial charge >= 0.3 is 0 Å². The summed E-state index contributed by atoms with van der Waals surface area (Å²) in [5.74, 6) is 0. The first-order valence-corrected chi connectivity index (χ1v) is 8.55. The Bertz CT molecular complexity index is 770. The van der Waals surface area contributed by atoms with E-state index in [4.69, 9.17) is 0 Å². The molecule has 0 saturated carbocycles. The molecule has 0 bridgehead atoms. The average Bonchev–Trinajstić information content (AvgIpc) is 2.94. The minimum Gasteiger partial charge on any atom is -0.384 e. The van der Waals surface area contributed by atoms with E-state index in [1.54, 1.807) is 18.2 Å². The Balaban J connectivity index is 1.89. The van der Waals surface area contributed by atoms with Gasteiger partial charge in [-0.2, -0.15) is 0 Å². The lowest BCUT2D eigenvalue weighted by Gasteiger charge is -2.10. The van der Waals surface area contributed by atoms with Gasteiger partial charge in [-0.25, -0.2) is 8.42 Å². The van der Waals surface area contributed by atoms with Gasteiger partial charge in [0.1, 0.15) is 0 Å². The van der Waals surface area contributed by atoms with Crippen LogP contribution in [-0.2, 0) is 22.9 Å².